The van der Waals surface area contributed by atoms with Crippen LogP contribution in [-0.4, -0.2) is 12.4 Å². The summed E-state index contributed by atoms with van der Waals surface area (Å²) < 4.78 is 6.89. The molecule has 0 aliphatic heterocycles. The monoisotopic (exact) mass is 336 g/mol. The fourth-order valence-electron chi connectivity index (χ4n) is 1.30. The molecule has 0 aliphatic carbocycles. The lowest BCUT2D eigenvalue weighted by molar-refractivity contribution is 0.282. The highest BCUT2D eigenvalue weighted by molar-refractivity contribution is 14.1. The first-order valence-corrected chi connectivity index (χ1v) is 6.92. The molecule has 1 rings (SSSR count). The Bertz CT molecular complexity index is 291. The third-order valence-corrected chi connectivity index (χ3v) is 3.23. The molecule has 3 heteroatoms. The van der Waals surface area contributed by atoms with Gasteiger partial charge in [-0.05, 0) is 65.3 Å². The van der Waals surface area contributed by atoms with Crippen LogP contribution in [-0.2, 0) is 0 Å². The van der Waals surface area contributed by atoms with Gasteiger partial charge < -0.3 is 4.74 Å². The summed E-state index contributed by atoms with van der Waals surface area (Å²) in [5.41, 5.74) is 0. The van der Waals surface area contributed by atoms with Crippen LogP contribution in [0.3, 0.4) is 0 Å². The first kappa shape index (κ1) is 13.2. The molecular formula is C12H17IOS. The van der Waals surface area contributed by atoms with Crippen molar-refractivity contribution in [2.75, 3.05) is 12.4 Å². The molecule has 84 valence electrons. The van der Waals surface area contributed by atoms with Crippen molar-refractivity contribution in [1.29, 1.82) is 0 Å². The van der Waals surface area contributed by atoms with Crippen molar-refractivity contribution in [3.63, 3.8) is 0 Å². The normalized spacial score (nSPS) is 12.5. The molecule has 1 aromatic carbocycles. The molecule has 1 unspecified atom stereocenters. The van der Waals surface area contributed by atoms with Crippen LogP contribution >= 0.6 is 35.2 Å². The highest BCUT2D eigenvalue weighted by Gasteiger charge is 2.01. The van der Waals surface area contributed by atoms with Crippen molar-refractivity contribution in [1.82, 2.24) is 0 Å². The molecule has 0 aromatic heterocycles. The van der Waals surface area contributed by atoms with Crippen LogP contribution in [0.2, 0.25) is 0 Å². The number of hydrogen-bond donors (Lipinski definition) is 1. The molecule has 0 N–H and O–H groups in total. The smallest absolute Gasteiger partial charge is 0.120 e. The third kappa shape index (κ3) is 5.66. The van der Waals surface area contributed by atoms with E-state index in [9.17, 15) is 0 Å². The molecule has 0 aliphatic rings. The van der Waals surface area contributed by atoms with Crippen LogP contribution in [0.1, 0.15) is 19.8 Å². The topological polar surface area (TPSA) is 9.23 Å². The quantitative estimate of drug-likeness (QED) is 0.610. The van der Waals surface area contributed by atoms with Gasteiger partial charge >= 0.3 is 0 Å². The Hall–Kier alpha value is 0.100. The molecule has 0 heterocycles. The van der Waals surface area contributed by atoms with Crippen LogP contribution < -0.4 is 4.74 Å². The minimum atomic E-state index is 0.699. The van der Waals surface area contributed by atoms with E-state index in [1.807, 2.05) is 12.1 Å². The minimum absolute atomic E-state index is 0.699. The van der Waals surface area contributed by atoms with Crippen molar-refractivity contribution >= 4 is 35.2 Å². The van der Waals surface area contributed by atoms with Gasteiger partial charge in [0, 0.05) is 3.57 Å². The van der Waals surface area contributed by atoms with Crippen LogP contribution in [0, 0.1) is 9.49 Å². The number of benzene rings is 1. The van der Waals surface area contributed by atoms with E-state index in [0.717, 1.165) is 24.5 Å². The minimum Gasteiger partial charge on any atom is -0.494 e. The van der Waals surface area contributed by atoms with Crippen molar-refractivity contribution < 1.29 is 4.74 Å². The molecule has 0 radical (unpaired) electrons. The molecule has 0 bridgehead atoms. The van der Waals surface area contributed by atoms with Gasteiger partial charge in [-0.15, -0.1) is 0 Å². The summed E-state index contributed by atoms with van der Waals surface area (Å²) in [6.07, 6.45) is 2.27. The van der Waals surface area contributed by atoms with E-state index in [1.165, 1.54) is 9.99 Å². The van der Waals surface area contributed by atoms with Crippen molar-refractivity contribution in [2.24, 2.45) is 5.92 Å². The number of hydrogen-bond acceptors (Lipinski definition) is 2. The summed E-state index contributed by atoms with van der Waals surface area (Å²) >= 11 is 6.52. The molecule has 1 nitrogen and oxygen atoms in total. The second kappa shape index (κ2) is 7.39. The first-order chi connectivity index (χ1) is 7.22. The Morgan fingerprint density at radius 3 is 2.87 bits per heavy atom. The van der Waals surface area contributed by atoms with Gasteiger partial charge in [-0.3, -0.25) is 0 Å². The lowest BCUT2D eigenvalue weighted by atomic mass is 10.1. The average Bonchev–Trinajstić information content (AvgIpc) is 2.18. The molecule has 0 saturated carbocycles. The average molecular weight is 336 g/mol. The predicted octanol–water partition coefficient (Wildman–Crippen LogP) is 4.02. The van der Waals surface area contributed by atoms with Crippen LogP contribution in [0.5, 0.6) is 5.75 Å². The summed E-state index contributed by atoms with van der Waals surface area (Å²) in [4.78, 5) is 0. The van der Waals surface area contributed by atoms with Crippen LogP contribution in [0.4, 0.5) is 0 Å². The van der Waals surface area contributed by atoms with E-state index >= 15 is 0 Å². The highest BCUT2D eigenvalue weighted by atomic mass is 127. The van der Waals surface area contributed by atoms with E-state index in [-0.39, 0.29) is 0 Å². The van der Waals surface area contributed by atoms with Gasteiger partial charge in [0.1, 0.15) is 5.75 Å². The maximum Gasteiger partial charge on any atom is 0.120 e. The van der Waals surface area contributed by atoms with Crippen LogP contribution in [0.15, 0.2) is 24.3 Å². The standard InChI is InChI=1S/C12H17IOS/c1-10(6-8-15)5-7-14-12-4-2-3-11(13)9-12/h2-4,9-10,15H,5-8H2,1H3. The molecule has 1 aromatic rings. The largest absolute Gasteiger partial charge is 0.494 e. The summed E-state index contributed by atoms with van der Waals surface area (Å²) in [5, 5.41) is 0. The Morgan fingerprint density at radius 1 is 1.40 bits per heavy atom. The van der Waals surface area contributed by atoms with Crippen LogP contribution in [0.25, 0.3) is 0 Å². The Balaban J connectivity index is 2.25. The zero-order chi connectivity index (χ0) is 11.1. The second-order valence-corrected chi connectivity index (χ2v) is 5.40. The van der Waals surface area contributed by atoms with Crippen molar-refractivity contribution in [2.45, 2.75) is 19.8 Å². The maximum atomic E-state index is 5.67. The highest BCUT2D eigenvalue weighted by Crippen LogP contribution is 2.16. The Kier molecular flexibility index (Phi) is 6.48. The van der Waals surface area contributed by atoms with E-state index in [4.69, 9.17) is 4.74 Å². The molecular weight excluding hydrogens is 319 g/mol. The number of rotatable bonds is 6. The zero-order valence-corrected chi connectivity index (χ0v) is 12.0. The van der Waals surface area contributed by atoms with Gasteiger partial charge in [0.15, 0.2) is 0 Å². The summed E-state index contributed by atoms with van der Waals surface area (Å²) in [7, 11) is 0. The van der Waals surface area contributed by atoms with E-state index < -0.39 is 0 Å². The van der Waals surface area contributed by atoms with Gasteiger partial charge in [0.05, 0.1) is 6.61 Å². The van der Waals surface area contributed by atoms with Gasteiger partial charge in [0.25, 0.3) is 0 Å². The van der Waals surface area contributed by atoms with Crippen molar-refractivity contribution in [3.05, 3.63) is 27.8 Å². The Morgan fingerprint density at radius 2 is 2.20 bits per heavy atom. The number of halogens is 1. The first-order valence-electron chi connectivity index (χ1n) is 5.21. The molecule has 0 saturated heterocycles. The summed E-state index contributed by atoms with van der Waals surface area (Å²) in [6.45, 7) is 3.05. The third-order valence-electron chi connectivity index (χ3n) is 2.30. The fraction of sp³-hybridized carbons (Fsp3) is 0.500. The van der Waals surface area contributed by atoms with E-state index in [0.29, 0.717) is 5.92 Å². The van der Waals surface area contributed by atoms with E-state index in [1.54, 1.807) is 0 Å². The number of thiol groups is 1. The molecule has 1 atom stereocenters. The fourth-order valence-corrected chi connectivity index (χ4v) is 2.25. The number of ether oxygens (including phenoxy) is 1. The molecule has 15 heavy (non-hydrogen) atoms. The summed E-state index contributed by atoms with van der Waals surface area (Å²) in [6, 6.07) is 8.15. The van der Waals surface area contributed by atoms with E-state index in [2.05, 4.69) is 54.3 Å². The lowest BCUT2D eigenvalue weighted by Crippen LogP contribution is -2.04. The molecule has 0 spiro atoms. The SMILES string of the molecule is CC(CCS)CCOc1cccc(I)c1. The molecule has 0 fully saturated rings. The Labute approximate surface area is 111 Å². The molecule has 0 amide bonds. The lowest BCUT2D eigenvalue weighted by Gasteiger charge is -2.11. The van der Waals surface area contributed by atoms with Gasteiger partial charge in [-0.25, -0.2) is 0 Å². The van der Waals surface area contributed by atoms with Crippen molar-refractivity contribution in [3.8, 4) is 5.75 Å². The zero-order valence-electron chi connectivity index (χ0n) is 8.95. The van der Waals surface area contributed by atoms with Gasteiger partial charge in [-0.1, -0.05) is 13.0 Å². The summed E-state index contributed by atoms with van der Waals surface area (Å²) in [5.74, 6) is 2.63. The van der Waals surface area contributed by atoms with Gasteiger partial charge in [0.2, 0.25) is 0 Å². The second-order valence-electron chi connectivity index (χ2n) is 3.71. The predicted molar refractivity (Wildman–Crippen MR) is 76.9 cm³/mol. The maximum absolute atomic E-state index is 5.67. The van der Waals surface area contributed by atoms with Gasteiger partial charge in [-0.2, -0.15) is 12.6 Å².